The van der Waals surface area contributed by atoms with Crippen molar-refractivity contribution >= 4 is 0 Å². The fourth-order valence-corrected chi connectivity index (χ4v) is 3.65. The van der Waals surface area contributed by atoms with E-state index in [1.54, 1.807) is 12.1 Å². The Morgan fingerprint density at radius 1 is 1.25 bits per heavy atom. The Kier molecular flexibility index (Phi) is 2.47. The second-order valence-electron chi connectivity index (χ2n) is 5.12. The number of benzene rings is 1. The van der Waals surface area contributed by atoms with E-state index in [2.05, 4.69) is 5.32 Å². The predicted octanol–water partition coefficient (Wildman–Crippen LogP) is 3.13. The molecule has 2 aliphatic rings. The van der Waals surface area contributed by atoms with Crippen molar-refractivity contribution in [2.75, 3.05) is 7.05 Å². The van der Waals surface area contributed by atoms with Gasteiger partial charge in [0.05, 0.1) is 0 Å². The average molecular weight is 219 g/mol. The van der Waals surface area contributed by atoms with Gasteiger partial charge in [0.25, 0.3) is 0 Å². The van der Waals surface area contributed by atoms with E-state index in [9.17, 15) is 4.39 Å². The second kappa shape index (κ2) is 3.85. The Morgan fingerprint density at radius 3 is 2.56 bits per heavy atom. The van der Waals surface area contributed by atoms with Crippen molar-refractivity contribution in [2.45, 2.75) is 25.3 Å². The lowest BCUT2D eigenvalue weighted by molar-refractivity contribution is 0.428. The summed E-state index contributed by atoms with van der Waals surface area (Å²) in [5.41, 5.74) is 0.851. The lowest BCUT2D eigenvalue weighted by Crippen LogP contribution is -2.21. The van der Waals surface area contributed by atoms with Crippen molar-refractivity contribution in [3.8, 4) is 0 Å². The van der Waals surface area contributed by atoms with Gasteiger partial charge in [-0.2, -0.15) is 0 Å². The Bertz CT molecular complexity index is 380. The van der Waals surface area contributed by atoms with Crippen LogP contribution in [0.1, 0.15) is 30.9 Å². The maximum Gasteiger partial charge on any atom is 0.127 e. The number of rotatable bonds is 3. The Balaban J connectivity index is 1.84. The third-order valence-corrected chi connectivity index (χ3v) is 4.41. The van der Waals surface area contributed by atoms with Crippen LogP contribution in [0.3, 0.4) is 0 Å². The summed E-state index contributed by atoms with van der Waals surface area (Å²) in [4.78, 5) is 0. The van der Waals surface area contributed by atoms with Crippen LogP contribution in [0.4, 0.5) is 4.39 Å². The minimum absolute atomic E-state index is 0.0631. The van der Waals surface area contributed by atoms with Gasteiger partial charge >= 0.3 is 0 Å². The summed E-state index contributed by atoms with van der Waals surface area (Å²) >= 11 is 0. The molecule has 3 unspecified atom stereocenters. The molecular formula is C14H18FN. The molecule has 0 aliphatic heterocycles. The average Bonchev–Trinajstić information content (AvgIpc) is 2.76. The van der Waals surface area contributed by atoms with Crippen LogP contribution < -0.4 is 5.32 Å². The molecule has 3 atom stereocenters. The Morgan fingerprint density at radius 2 is 1.94 bits per heavy atom. The van der Waals surface area contributed by atoms with E-state index < -0.39 is 0 Å². The van der Waals surface area contributed by atoms with Gasteiger partial charge in [-0.15, -0.1) is 0 Å². The summed E-state index contributed by atoms with van der Waals surface area (Å²) in [6, 6.07) is 7.40. The molecule has 86 valence electrons. The van der Waals surface area contributed by atoms with E-state index in [0.29, 0.717) is 5.92 Å². The molecule has 16 heavy (non-hydrogen) atoms. The predicted molar refractivity (Wildman–Crippen MR) is 62.5 cm³/mol. The zero-order chi connectivity index (χ0) is 11.1. The first-order valence-electron chi connectivity index (χ1n) is 6.24. The van der Waals surface area contributed by atoms with Gasteiger partial charge in [0, 0.05) is 11.6 Å². The second-order valence-corrected chi connectivity index (χ2v) is 5.12. The monoisotopic (exact) mass is 219 g/mol. The molecule has 0 spiro atoms. The van der Waals surface area contributed by atoms with Gasteiger partial charge in [-0.05, 0) is 43.7 Å². The topological polar surface area (TPSA) is 12.0 Å². The third kappa shape index (κ3) is 1.47. The molecule has 1 N–H and O–H groups in total. The molecule has 0 radical (unpaired) electrons. The Labute approximate surface area is 96.1 Å². The number of hydrogen-bond acceptors (Lipinski definition) is 1. The first kappa shape index (κ1) is 10.3. The highest BCUT2D eigenvalue weighted by Crippen LogP contribution is 2.62. The van der Waals surface area contributed by atoms with E-state index in [-0.39, 0.29) is 11.9 Å². The molecule has 2 saturated carbocycles. The van der Waals surface area contributed by atoms with Gasteiger partial charge in [-0.1, -0.05) is 24.6 Å². The fraction of sp³-hybridized carbons (Fsp3) is 0.571. The summed E-state index contributed by atoms with van der Waals surface area (Å²) in [7, 11) is 1.95. The largest absolute Gasteiger partial charge is 0.313 e. The molecule has 2 fully saturated rings. The third-order valence-electron chi connectivity index (χ3n) is 4.41. The summed E-state index contributed by atoms with van der Waals surface area (Å²) in [6.45, 7) is 0. The van der Waals surface area contributed by atoms with Crippen LogP contribution >= 0.6 is 0 Å². The molecule has 0 aromatic heterocycles. The first-order valence-corrected chi connectivity index (χ1v) is 6.24. The van der Waals surface area contributed by atoms with E-state index >= 15 is 0 Å². The summed E-state index contributed by atoms with van der Waals surface area (Å²) in [6.07, 6.45) is 4.07. The van der Waals surface area contributed by atoms with Gasteiger partial charge in [-0.25, -0.2) is 4.39 Å². The molecule has 0 heterocycles. The van der Waals surface area contributed by atoms with Crippen LogP contribution in [0.2, 0.25) is 0 Å². The minimum atomic E-state index is -0.0631. The number of hydrogen-bond donors (Lipinski definition) is 1. The molecule has 0 bridgehead atoms. The van der Waals surface area contributed by atoms with Crippen LogP contribution in [-0.2, 0) is 0 Å². The van der Waals surface area contributed by atoms with Crippen LogP contribution in [0.5, 0.6) is 0 Å². The SMILES string of the molecule is CNC(c1ccccc1F)C1C2CCCC21. The minimum Gasteiger partial charge on any atom is -0.313 e. The summed E-state index contributed by atoms with van der Waals surface area (Å²) in [5.74, 6) is 2.33. The van der Waals surface area contributed by atoms with Crippen molar-refractivity contribution in [1.82, 2.24) is 5.32 Å². The van der Waals surface area contributed by atoms with Crippen molar-refractivity contribution in [3.63, 3.8) is 0 Å². The van der Waals surface area contributed by atoms with E-state index in [4.69, 9.17) is 0 Å². The fourth-order valence-electron chi connectivity index (χ4n) is 3.65. The molecule has 3 rings (SSSR count). The normalized spacial score (nSPS) is 33.5. The van der Waals surface area contributed by atoms with Crippen molar-refractivity contribution in [2.24, 2.45) is 17.8 Å². The summed E-state index contributed by atoms with van der Waals surface area (Å²) in [5, 5.41) is 3.31. The maximum atomic E-state index is 13.8. The number of halogens is 1. The van der Waals surface area contributed by atoms with E-state index in [1.165, 1.54) is 19.3 Å². The smallest absolute Gasteiger partial charge is 0.127 e. The zero-order valence-corrected chi connectivity index (χ0v) is 9.62. The van der Waals surface area contributed by atoms with Gasteiger partial charge in [0.15, 0.2) is 0 Å². The molecule has 2 heteroatoms. The lowest BCUT2D eigenvalue weighted by Gasteiger charge is -2.19. The standard InChI is InChI=1S/C14H18FN/c1-16-14(11-5-2-3-8-12(11)15)13-9-6-4-7-10(9)13/h2-3,5,8-10,13-14,16H,4,6-7H2,1H3. The summed E-state index contributed by atoms with van der Waals surface area (Å²) < 4.78 is 13.8. The van der Waals surface area contributed by atoms with Gasteiger partial charge in [0.2, 0.25) is 0 Å². The highest BCUT2D eigenvalue weighted by molar-refractivity contribution is 5.25. The first-order chi connectivity index (χ1) is 7.83. The number of nitrogens with one attached hydrogen (secondary N) is 1. The molecule has 2 aliphatic carbocycles. The molecular weight excluding hydrogens is 201 g/mol. The van der Waals surface area contributed by atoms with Crippen LogP contribution in [0.25, 0.3) is 0 Å². The molecule has 1 aromatic carbocycles. The highest BCUT2D eigenvalue weighted by Gasteiger charge is 2.56. The van der Waals surface area contributed by atoms with Crippen molar-refractivity contribution in [3.05, 3.63) is 35.6 Å². The van der Waals surface area contributed by atoms with Crippen LogP contribution in [-0.4, -0.2) is 7.05 Å². The van der Waals surface area contributed by atoms with Crippen LogP contribution in [0, 0.1) is 23.6 Å². The van der Waals surface area contributed by atoms with Gasteiger partial charge in [0.1, 0.15) is 5.82 Å². The van der Waals surface area contributed by atoms with Gasteiger partial charge in [-0.3, -0.25) is 0 Å². The Hall–Kier alpha value is -0.890. The maximum absolute atomic E-state index is 13.8. The molecule has 0 saturated heterocycles. The molecule has 1 aromatic rings. The van der Waals surface area contributed by atoms with E-state index in [0.717, 1.165) is 17.4 Å². The highest BCUT2D eigenvalue weighted by atomic mass is 19.1. The van der Waals surface area contributed by atoms with Crippen molar-refractivity contribution in [1.29, 1.82) is 0 Å². The van der Waals surface area contributed by atoms with Crippen molar-refractivity contribution < 1.29 is 4.39 Å². The van der Waals surface area contributed by atoms with Gasteiger partial charge < -0.3 is 5.32 Å². The van der Waals surface area contributed by atoms with E-state index in [1.807, 2.05) is 19.2 Å². The number of fused-ring (bicyclic) bond motifs is 1. The zero-order valence-electron chi connectivity index (χ0n) is 9.62. The molecule has 1 nitrogen and oxygen atoms in total. The quantitative estimate of drug-likeness (QED) is 0.823. The lowest BCUT2D eigenvalue weighted by atomic mass is 9.96. The molecule has 0 amide bonds. The van der Waals surface area contributed by atoms with Crippen LogP contribution in [0.15, 0.2) is 24.3 Å².